The molecule has 1 amide bonds. The summed E-state index contributed by atoms with van der Waals surface area (Å²) in [5.74, 6) is -0.846. The van der Waals surface area contributed by atoms with Gasteiger partial charge in [-0.25, -0.2) is 4.79 Å². The minimum absolute atomic E-state index is 0.384. The Kier molecular flexibility index (Phi) is 4.59. The average Bonchev–Trinajstić information content (AvgIpc) is 2.53. The SMILES string of the molecule is CC(Oc1cccc2ccccc12)C(=O)N(C)C(C)(C)C(=O)O. The molecule has 0 saturated heterocycles. The van der Waals surface area contributed by atoms with Gasteiger partial charge in [-0.1, -0.05) is 36.4 Å². The molecule has 2 rings (SSSR count). The number of aliphatic carboxylic acids is 1. The molecule has 0 radical (unpaired) electrons. The molecule has 0 aliphatic heterocycles. The van der Waals surface area contributed by atoms with Crippen LogP contribution in [-0.2, 0) is 9.59 Å². The van der Waals surface area contributed by atoms with Crippen LogP contribution < -0.4 is 4.74 Å². The Hall–Kier alpha value is -2.56. The molecule has 1 unspecified atom stereocenters. The number of benzene rings is 2. The van der Waals surface area contributed by atoms with Crippen LogP contribution in [0.15, 0.2) is 42.5 Å². The summed E-state index contributed by atoms with van der Waals surface area (Å²) in [4.78, 5) is 25.0. The molecule has 1 atom stereocenters. The van der Waals surface area contributed by atoms with Gasteiger partial charge in [-0.2, -0.15) is 0 Å². The van der Waals surface area contributed by atoms with Crippen LogP contribution in [0.25, 0.3) is 10.8 Å². The van der Waals surface area contributed by atoms with Crippen molar-refractivity contribution in [3.63, 3.8) is 0 Å². The number of carbonyl (C=O) groups excluding carboxylic acids is 1. The van der Waals surface area contributed by atoms with Gasteiger partial charge in [-0.15, -0.1) is 0 Å². The normalized spacial score (nSPS) is 12.7. The van der Waals surface area contributed by atoms with E-state index in [1.54, 1.807) is 13.0 Å². The Morgan fingerprint density at radius 2 is 1.74 bits per heavy atom. The molecule has 0 aliphatic carbocycles. The van der Waals surface area contributed by atoms with Crippen molar-refractivity contribution in [2.24, 2.45) is 0 Å². The van der Waals surface area contributed by atoms with E-state index in [4.69, 9.17) is 4.74 Å². The van der Waals surface area contributed by atoms with Gasteiger partial charge in [-0.3, -0.25) is 4.79 Å². The summed E-state index contributed by atoms with van der Waals surface area (Å²) in [7, 11) is 1.47. The van der Waals surface area contributed by atoms with Crippen LogP contribution in [0.3, 0.4) is 0 Å². The fourth-order valence-electron chi connectivity index (χ4n) is 2.23. The number of carbonyl (C=O) groups is 2. The number of carboxylic acid groups (broad SMARTS) is 1. The van der Waals surface area contributed by atoms with Gasteiger partial charge in [0.15, 0.2) is 6.10 Å². The van der Waals surface area contributed by atoms with E-state index in [1.165, 1.54) is 25.8 Å². The maximum atomic E-state index is 12.5. The summed E-state index contributed by atoms with van der Waals surface area (Å²) in [6.45, 7) is 4.59. The zero-order valence-electron chi connectivity index (χ0n) is 13.7. The zero-order chi connectivity index (χ0) is 17.2. The molecule has 2 aromatic rings. The number of carboxylic acids is 1. The molecule has 0 fully saturated rings. The molecule has 0 aliphatic rings. The van der Waals surface area contributed by atoms with Crippen molar-refractivity contribution in [3.05, 3.63) is 42.5 Å². The van der Waals surface area contributed by atoms with Crippen molar-refractivity contribution in [2.45, 2.75) is 32.4 Å². The Labute approximate surface area is 135 Å². The van der Waals surface area contributed by atoms with E-state index < -0.39 is 17.6 Å². The van der Waals surface area contributed by atoms with E-state index in [9.17, 15) is 14.7 Å². The first-order valence-corrected chi connectivity index (χ1v) is 7.40. The minimum Gasteiger partial charge on any atom is -0.480 e. The van der Waals surface area contributed by atoms with Gasteiger partial charge in [0.25, 0.3) is 5.91 Å². The van der Waals surface area contributed by atoms with Gasteiger partial charge >= 0.3 is 5.97 Å². The Balaban J connectivity index is 2.22. The maximum absolute atomic E-state index is 12.5. The number of hydrogen-bond donors (Lipinski definition) is 1. The Bertz CT molecular complexity index is 733. The predicted molar refractivity (Wildman–Crippen MR) is 88.5 cm³/mol. The molecule has 1 N–H and O–H groups in total. The summed E-state index contributed by atoms with van der Waals surface area (Å²) < 4.78 is 5.80. The highest BCUT2D eigenvalue weighted by Gasteiger charge is 2.37. The molecule has 5 nitrogen and oxygen atoms in total. The van der Waals surface area contributed by atoms with Crippen molar-refractivity contribution in [1.82, 2.24) is 4.90 Å². The monoisotopic (exact) mass is 315 g/mol. The molecule has 0 heterocycles. The topological polar surface area (TPSA) is 66.8 Å². The molecule has 23 heavy (non-hydrogen) atoms. The second-order valence-electron chi connectivity index (χ2n) is 6.00. The number of ether oxygens (including phenoxy) is 1. The number of likely N-dealkylation sites (N-methyl/N-ethyl adjacent to an activating group) is 1. The fourth-order valence-corrected chi connectivity index (χ4v) is 2.23. The summed E-state index contributed by atoms with van der Waals surface area (Å²) in [6, 6.07) is 13.4. The average molecular weight is 315 g/mol. The van der Waals surface area contributed by atoms with Crippen LogP contribution in [0.4, 0.5) is 0 Å². The number of hydrogen-bond acceptors (Lipinski definition) is 3. The van der Waals surface area contributed by atoms with Gasteiger partial charge in [0.1, 0.15) is 11.3 Å². The number of nitrogens with zero attached hydrogens (tertiary/aromatic N) is 1. The van der Waals surface area contributed by atoms with E-state index in [0.717, 1.165) is 10.8 Å². The molecule has 5 heteroatoms. The van der Waals surface area contributed by atoms with Crippen LogP contribution >= 0.6 is 0 Å². The van der Waals surface area contributed by atoms with Crippen LogP contribution in [0.1, 0.15) is 20.8 Å². The molecular weight excluding hydrogens is 294 g/mol. The molecule has 0 aromatic heterocycles. The van der Waals surface area contributed by atoms with Gasteiger partial charge in [0.2, 0.25) is 0 Å². The zero-order valence-corrected chi connectivity index (χ0v) is 13.7. The van der Waals surface area contributed by atoms with Gasteiger partial charge in [-0.05, 0) is 32.2 Å². The smallest absolute Gasteiger partial charge is 0.329 e. The third-order valence-corrected chi connectivity index (χ3v) is 4.09. The second-order valence-corrected chi connectivity index (χ2v) is 6.00. The number of fused-ring (bicyclic) bond motifs is 1. The lowest BCUT2D eigenvalue weighted by Gasteiger charge is -2.33. The summed E-state index contributed by atoms with van der Waals surface area (Å²) in [5.41, 5.74) is -1.30. The minimum atomic E-state index is -1.30. The fraction of sp³-hybridized carbons (Fsp3) is 0.333. The Morgan fingerprint density at radius 3 is 2.39 bits per heavy atom. The van der Waals surface area contributed by atoms with Crippen molar-refractivity contribution < 1.29 is 19.4 Å². The van der Waals surface area contributed by atoms with E-state index in [2.05, 4.69) is 0 Å². The van der Waals surface area contributed by atoms with Crippen molar-refractivity contribution in [3.8, 4) is 5.75 Å². The third kappa shape index (κ3) is 3.28. The van der Waals surface area contributed by atoms with Crippen LogP contribution in [-0.4, -0.2) is 40.6 Å². The highest BCUT2D eigenvalue weighted by Crippen LogP contribution is 2.26. The third-order valence-electron chi connectivity index (χ3n) is 4.09. The molecule has 0 spiro atoms. The van der Waals surface area contributed by atoms with Gasteiger partial charge in [0, 0.05) is 12.4 Å². The number of amides is 1. The molecule has 0 bridgehead atoms. The van der Waals surface area contributed by atoms with Crippen LogP contribution in [0.5, 0.6) is 5.75 Å². The van der Waals surface area contributed by atoms with E-state index in [1.807, 2.05) is 36.4 Å². The van der Waals surface area contributed by atoms with Gasteiger partial charge in [0.05, 0.1) is 0 Å². The van der Waals surface area contributed by atoms with Crippen molar-refractivity contribution in [1.29, 1.82) is 0 Å². The van der Waals surface area contributed by atoms with E-state index in [0.29, 0.717) is 5.75 Å². The summed E-state index contributed by atoms with van der Waals surface area (Å²) >= 11 is 0. The maximum Gasteiger partial charge on any atom is 0.329 e. The highest BCUT2D eigenvalue weighted by molar-refractivity contribution is 5.90. The quantitative estimate of drug-likeness (QED) is 0.921. The molecule has 0 saturated carbocycles. The predicted octanol–water partition coefficient (Wildman–Crippen LogP) is 2.93. The van der Waals surface area contributed by atoms with E-state index >= 15 is 0 Å². The number of rotatable bonds is 5. The van der Waals surface area contributed by atoms with Gasteiger partial charge < -0.3 is 14.7 Å². The standard InChI is InChI=1S/C18H21NO4/c1-12(16(20)19(4)18(2,3)17(21)22)23-15-11-7-9-13-8-5-6-10-14(13)15/h5-12H,1-4H3,(H,21,22). The largest absolute Gasteiger partial charge is 0.480 e. The molecule has 2 aromatic carbocycles. The Morgan fingerprint density at radius 1 is 1.13 bits per heavy atom. The summed E-state index contributed by atoms with van der Waals surface area (Å²) in [5, 5.41) is 11.2. The molecule has 122 valence electrons. The van der Waals surface area contributed by atoms with Crippen molar-refractivity contribution >= 4 is 22.6 Å². The first kappa shape index (κ1) is 16.8. The lowest BCUT2D eigenvalue weighted by Crippen LogP contribution is -2.54. The van der Waals surface area contributed by atoms with Crippen LogP contribution in [0, 0.1) is 0 Å². The van der Waals surface area contributed by atoms with Crippen LogP contribution in [0.2, 0.25) is 0 Å². The second kappa shape index (κ2) is 6.28. The first-order chi connectivity index (χ1) is 10.7. The lowest BCUT2D eigenvalue weighted by molar-refractivity contribution is -0.157. The molecular formula is C18H21NO4. The summed E-state index contributed by atoms with van der Waals surface area (Å²) in [6.07, 6.45) is -0.788. The van der Waals surface area contributed by atoms with E-state index in [-0.39, 0.29) is 5.91 Å². The highest BCUT2D eigenvalue weighted by atomic mass is 16.5. The first-order valence-electron chi connectivity index (χ1n) is 7.40. The lowest BCUT2D eigenvalue weighted by atomic mass is 10.0. The van der Waals surface area contributed by atoms with Crippen molar-refractivity contribution in [2.75, 3.05) is 7.05 Å².